The van der Waals surface area contributed by atoms with Crippen LogP contribution in [0.4, 0.5) is 0 Å². The molecule has 0 amide bonds. The van der Waals surface area contributed by atoms with Crippen LogP contribution in [0.1, 0.15) is 6.42 Å². The fourth-order valence-corrected chi connectivity index (χ4v) is 1.43. The third-order valence-corrected chi connectivity index (χ3v) is 2.18. The molecule has 13 heavy (non-hydrogen) atoms. The van der Waals surface area contributed by atoms with Crippen LogP contribution < -0.4 is 5.73 Å². The maximum atomic E-state index is 5.65. The van der Waals surface area contributed by atoms with E-state index in [1.165, 1.54) is 0 Å². The summed E-state index contributed by atoms with van der Waals surface area (Å²) in [6.07, 6.45) is 1.09. The summed E-state index contributed by atoms with van der Waals surface area (Å²) in [5.41, 5.74) is 5.65. The number of likely N-dealkylation sites (tertiary alicyclic amines) is 1. The molecule has 0 spiro atoms. The topological polar surface area (TPSA) is 47.7 Å². The number of nitrogens with zero attached hydrogens (tertiary/aromatic N) is 1. The van der Waals surface area contributed by atoms with Gasteiger partial charge in [-0.05, 0) is 6.42 Å². The molecule has 78 valence electrons. The highest BCUT2D eigenvalue weighted by molar-refractivity contribution is 4.81. The van der Waals surface area contributed by atoms with Crippen LogP contribution in [-0.2, 0) is 9.47 Å². The highest BCUT2D eigenvalue weighted by atomic mass is 16.5. The highest BCUT2D eigenvalue weighted by Gasteiger charge is 2.21. The molecule has 0 aromatic carbocycles. The van der Waals surface area contributed by atoms with Crippen molar-refractivity contribution in [2.24, 2.45) is 5.73 Å². The SMILES string of the molecule is COCCOCCCN1CC(N)C1. The van der Waals surface area contributed by atoms with Gasteiger partial charge in [0, 0.05) is 39.4 Å². The van der Waals surface area contributed by atoms with E-state index in [4.69, 9.17) is 15.2 Å². The van der Waals surface area contributed by atoms with E-state index in [1.54, 1.807) is 7.11 Å². The van der Waals surface area contributed by atoms with E-state index in [-0.39, 0.29) is 0 Å². The minimum atomic E-state index is 0.411. The maximum Gasteiger partial charge on any atom is 0.0700 e. The van der Waals surface area contributed by atoms with E-state index < -0.39 is 0 Å². The first-order chi connectivity index (χ1) is 6.33. The molecule has 2 N–H and O–H groups in total. The third-order valence-electron chi connectivity index (χ3n) is 2.18. The van der Waals surface area contributed by atoms with Gasteiger partial charge in [-0.15, -0.1) is 0 Å². The van der Waals surface area contributed by atoms with Crippen LogP contribution in [0, 0.1) is 0 Å². The van der Waals surface area contributed by atoms with E-state index in [1.807, 2.05) is 0 Å². The molecule has 1 aliphatic rings. The molecular formula is C9H20N2O2. The van der Waals surface area contributed by atoms with E-state index in [9.17, 15) is 0 Å². The number of methoxy groups -OCH3 is 1. The molecule has 1 rings (SSSR count). The van der Waals surface area contributed by atoms with Gasteiger partial charge in [0.05, 0.1) is 13.2 Å². The Hall–Kier alpha value is -0.160. The molecule has 4 heteroatoms. The van der Waals surface area contributed by atoms with Crippen molar-refractivity contribution in [2.75, 3.05) is 46.6 Å². The van der Waals surface area contributed by atoms with Crippen LogP contribution >= 0.6 is 0 Å². The molecule has 0 radical (unpaired) electrons. The van der Waals surface area contributed by atoms with E-state index in [0.717, 1.165) is 32.7 Å². The Kier molecular flexibility index (Phi) is 5.31. The molecule has 0 bridgehead atoms. The lowest BCUT2D eigenvalue weighted by atomic mass is 10.1. The lowest BCUT2D eigenvalue weighted by molar-refractivity contribution is 0.0592. The van der Waals surface area contributed by atoms with Gasteiger partial charge in [-0.25, -0.2) is 0 Å². The quantitative estimate of drug-likeness (QED) is 0.556. The van der Waals surface area contributed by atoms with Crippen molar-refractivity contribution in [3.63, 3.8) is 0 Å². The summed E-state index contributed by atoms with van der Waals surface area (Å²) in [5.74, 6) is 0. The standard InChI is InChI=1S/C9H20N2O2/c1-12-5-6-13-4-2-3-11-7-9(10)8-11/h9H,2-8,10H2,1H3. The van der Waals surface area contributed by atoms with Crippen molar-refractivity contribution in [1.82, 2.24) is 4.90 Å². The summed E-state index contributed by atoms with van der Waals surface area (Å²) in [6.45, 7) is 5.44. The van der Waals surface area contributed by atoms with Crippen LogP contribution in [0.2, 0.25) is 0 Å². The summed E-state index contributed by atoms with van der Waals surface area (Å²) in [4.78, 5) is 2.35. The Morgan fingerprint density at radius 3 is 2.69 bits per heavy atom. The van der Waals surface area contributed by atoms with Gasteiger partial charge in [0.2, 0.25) is 0 Å². The average molecular weight is 188 g/mol. The van der Waals surface area contributed by atoms with E-state index >= 15 is 0 Å². The van der Waals surface area contributed by atoms with Gasteiger partial charge in [0.25, 0.3) is 0 Å². The zero-order valence-electron chi connectivity index (χ0n) is 8.37. The molecule has 0 aromatic heterocycles. The predicted molar refractivity (Wildman–Crippen MR) is 51.7 cm³/mol. The number of ether oxygens (including phenoxy) is 2. The fourth-order valence-electron chi connectivity index (χ4n) is 1.43. The lowest BCUT2D eigenvalue weighted by Gasteiger charge is -2.36. The summed E-state index contributed by atoms with van der Waals surface area (Å²) >= 11 is 0. The lowest BCUT2D eigenvalue weighted by Crippen LogP contribution is -2.55. The Labute approximate surface area is 80.0 Å². The fraction of sp³-hybridized carbons (Fsp3) is 1.00. The van der Waals surface area contributed by atoms with Gasteiger partial charge in [-0.1, -0.05) is 0 Å². The maximum absolute atomic E-state index is 5.65. The molecule has 0 saturated carbocycles. The van der Waals surface area contributed by atoms with Gasteiger partial charge < -0.3 is 20.1 Å². The zero-order valence-corrected chi connectivity index (χ0v) is 8.37. The number of nitrogens with two attached hydrogens (primary N) is 1. The average Bonchev–Trinajstić information content (AvgIpc) is 2.07. The number of hydrogen-bond donors (Lipinski definition) is 1. The van der Waals surface area contributed by atoms with Crippen molar-refractivity contribution < 1.29 is 9.47 Å². The summed E-state index contributed by atoms with van der Waals surface area (Å²) in [7, 11) is 1.69. The predicted octanol–water partition coefficient (Wildman–Crippen LogP) is -0.318. The molecule has 1 aliphatic heterocycles. The Morgan fingerprint density at radius 2 is 2.08 bits per heavy atom. The first-order valence-electron chi connectivity index (χ1n) is 4.87. The first kappa shape index (κ1) is 10.9. The summed E-state index contributed by atoms with van der Waals surface area (Å²) < 4.78 is 10.2. The van der Waals surface area contributed by atoms with Crippen LogP contribution in [0.3, 0.4) is 0 Å². The van der Waals surface area contributed by atoms with Crippen LogP contribution in [0.25, 0.3) is 0 Å². The zero-order chi connectivity index (χ0) is 9.52. The second-order valence-corrected chi connectivity index (χ2v) is 3.48. The molecular weight excluding hydrogens is 168 g/mol. The Bertz CT molecular complexity index is 127. The highest BCUT2D eigenvalue weighted by Crippen LogP contribution is 2.04. The van der Waals surface area contributed by atoms with Crippen molar-refractivity contribution in [1.29, 1.82) is 0 Å². The van der Waals surface area contributed by atoms with Crippen molar-refractivity contribution in [3.05, 3.63) is 0 Å². The van der Waals surface area contributed by atoms with Gasteiger partial charge >= 0.3 is 0 Å². The van der Waals surface area contributed by atoms with Crippen molar-refractivity contribution in [2.45, 2.75) is 12.5 Å². The largest absolute Gasteiger partial charge is 0.382 e. The minimum Gasteiger partial charge on any atom is -0.382 e. The summed E-state index contributed by atoms with van der Waals surface area (Å²) in [5, 5.41) is 0. The normalized spacial score (nSPS) is 18.9. The molecule has 1 heterocycles. The summed E-state index contributed by atoms with van der Waals surface area (Å²) in [6, 6.07) is 0.411. The molecule has 0 aliphatic carbocycles. The van der Waals surface area contributed by atoms with Gasteiger partial charge in [0.15, 0.2) is 0 Å². The number of hydrogen-bond acceptors (Lipinski definition) is 4. The molecule has 4 nitrogen and oxygen atoms in total. The van der Waals surface area contributed by atoms with Crippen LogP contribution in [0.15, 0.2) is 0 Å². The molecule has 1 saturated heterocycles. The van der Waals surface area contributed by atoms with E-state index in [0.29, 0.717) is 19.3 Å². The Morgan fingerprint density at radius 1 is 1.31 bits per heavy atom. The van der Waals surface area contributed by atoms with Crippen molar-refractivity contribution in [3.8, 4) is 0 Å². The van der Waals surface area contributed by atoms with E-state index in [2.05, 4.69) is 4.90 Å². The Balaban J connectivity index is 1.74. The number of rotatable bonds is 7. The second-order valence-electron chi connectivity index (χ2n) is 3.48. The first-order valence-corrected chi connectivity index (χ1v) is 4.87. The van der Waals surface area contributed by atoms with Gasteiger partial charge in [0.1, 0.15) is 0 Å². The minimum absolute atomic E-state index is 0.411. The smallest absolute Gasteiger partial charge is 0.0700 e. The molecule has 0 unspecified atom stereocenters. The molecule has 0 aromatic rings. The molecule has 1 fully saturated rings. The van der Waals surface area contributed by atoms with Crippen LogP contribution in [-0.4, -0.2) is 57.5 Å². The molecule has 0 atom stereocenters. The van der Waals surface area contributed by atoms with Gasteiger partial charge in [-0.2, -0.15) is 0 Å². The van der Waals surface area contributed by atoms with Crippen LogP contribution in [0.5, 0.6) is 0 Å². The monoisotopic (exact) mass is 188 g/mol. The van der Waals surface area contributed by atoms with Gasteiger partial charge in [-0.3, -0.25) is 0 Å². The van der Waals surface area contributed by atoms with Crippen molar-refractivity contribution >= 4 is 0 Å². The second kappa shape index (κ2) is 6.32. The third kappa shape index (κ3) is 4.57.